The highest BCUT2D eigenvalue weighted by molar-refractivity contribution is 6.30. The first-order valence-electron chi connectivity index (χ1n) is 6.85. The smallest absolute Gasteiger partial charge is 0.151 e. The molecule has 6 heteroatoms. The lowest BCUT2D eigenvalue weighted by Gasteiger charge is -2.13. The quantitative estimate of drug-likeness (QED) is 0.728. The molecule has 3 rings (SSSR count). The number of rotatable bonds is 5. The zero-order valence-corrected chi connectivity index (χ0v) is 12.5. The van der Waals surface area contributed by atoms with Crippen LogP contribution in [0.1, 0.15) is 24.4 Å². The molecule has 0 aliphatic carbocycles. The van der Waals surface area contributed by atoms with E-state index in [4.69, 9.17) is 11.6 Å². The number of hydrogen-bond donors (Lipinski definition) is 0. The van der Waals surface area contributed by atoms with Gasteiger partial charge in [0.2, 0.25) is 0 Å². The fraction of sp³-hybridized carbons (Fsp3) is 0.267. The van der Waals surface area contributed by atoms with Crippen LogP contribution in [0.4, 0.5) is 0 Å². The van der Waals surface area contributed by atoms with Gasteiger partial charge in [0.25, 0.3) is 0 Å². The molecule has 0 radical (unpaired) electrons. The molecule has 0 N–H and O–H groups in total. The summed E-state index contributed by atoms with van der Waals surface area (Å²) in [7, 11) is 0. The highest BCUT2D eigenvalue weighted by Crippen LogP contribution is 2.17. The normalized spacial score (nSPS) is 12.5. The molecule has 5 nitrogen and oxygen atoms in total. The van der Waals surface area contributed by atoms with Gasteiger partial charge in [-0.1, -0.05) is 41.9 Å². The molecular weight excluding hydrogens is 286 g/mol. The number of hydrogen-bond acceptors (Lipinski definition) is 3. The lowest BCUT2D eigenvalue weighted by molar-refractivity contribution is 0.481. The molecule has 0 fully saturated rings. The molecule has 1 unspecified atom stereocenters. The second-order valence-electron chi connectivity index (χ2n) is 4.89. The summed E-state index contributed by atoms with van der Waals surface area (Å²) < 4.78 is 3.72. The van der Waals surface area contributed by atoms with Gasteiger partial charge in [0, 0.05) is 12.7 Å². The fourth-order valence-electron chi connectivity index (χ4n) is 2.29. The Kier molecular flexibility index (Phi) is 4.01. The maximum Gasteiger partial charge on any atom is 0.151 e. The monoisotopic (exact) mass is 301 g/mol. The molecule has 2 aromatic heterocycles. The summed E-state index contributed by atoms with van der Waals surface area (Å²) in [5, 5.41) is 9.17. The standard InChI is InChI=1S/C15H16ClN5/c1-12(21-10-14(16)9-18-21)15-17-11-19-20(15)8-7-13-5-3-2-4-6-13/h2-6,9-12H,7-8H2,1H3. The molecule has 0 amide bonds. The SMILES string of the molecule is CC(c1ncnn1CCc1ccccc1)n1cc(Cl)cn1. The van der Waals surface area contributed by atoms with Crippen molar-refractivity contribution in [2.75, 3.05) is 0 Å². The zero-order chi connectivity index (χ0) is 14.7. The minimum Gasteiger partial charge on any atom is -0.261 e. The molecule has 2 heterocycles. The molecule has 1 aromatic carbocycles. The molecule has 0 saturated carbocycles. The van der Waals surface area contributed by atoms with E-state index in [0.29, 0.717) is 5.02 Å². The van der Waals surface area contributed by atoms with E-state index in [1.807, 2.05) is 29.8 Å². The van der Waals surface area contributed by atoms with Crippen molar-refractivity contribution < 1.29 is 0 Å². The molecule has 0 spiro atoms. The van der Waals surface area contributed by atoms with Gasteiger partial charge in [-0.25, -0.2) is 9.67 Å². The number of nitrogens with zero attached hydrogens (tertiary/aromatic N) is 5. The molecule has 21 heavy (non-hydrogen) atoms. The number of halogens is 1. The summed E-state index contributed by atoms with van der Waals surface area (Å²) in [6.07, 6.45) is 5.93. The summed E-state index contributed by atoms with van der Waals surface area (Å²) in [4.78, 5) is 4.36. The lowest BCUT2D eigenvalue weighted by atomic mass is 10.1. The second-order valence-corrected chi connectivity index (χ2v) is 5.33. The maximum absolute atomic E-state index is 5.92. The highest BCUT2D eigenvalue weighted by atomic mass is 35.5. The van der Waals surface area contributed by atoms with Crippen molar-refractivity contribution in [3.8, 4) is 0 Å². The van der Waals surface area contributed by atoms with Crippen LogP contribution in [0.5, 0.6) is 0 Å². The van der Waals surface area contributed by atoms with Crippen molar-refractivity contribution in [2.45, 2.75) is 25.9 Å². The van der Waals surface area contributed by atoms with Crippen molar-refractivity contribution in [2.24, 2.45) is 0 Å². The Bertz CT molecular complexity index is 704. The van der Waals surface area contributed by atoms with Gasteiger partial charge >= 0.3 is 0 Å². The Hall–Kier alpha value is -2.14. The van der Waals surface area contributed by atoms with Crippen molar-refractivity contribution in [1.29, 1.82) is 0 Å². The average molecular weight is 302 g/mol. The van der Waals surface area contributed by atoms with Crippen molar-refractivity contribution in [1.82, 2.24) is 24.5 Å². The number of aromatic nitrogens is 5. The molecule has 0 bridgehead atoms. The van der Waals surface area contributed by atoms with E-state index in [1.165, 1.54) is 5.56 Å². The minimum atomic E-state index is -0.00391. The van der Waals surface area contributed by atoms with Crippen LogP contribution in [0.2, 0.25) is 5.02 Å². The molecule has 1 atom stereocenters. The van der Waals surface area contributed by atoms with Gasteiger partial charge in [0.05, 0.1) is 11.2 Å². The molecule has 0 aliphatic rings. The Morgan fingerprint density at radius 2 is 2.00 bits per heavy atom. The predicted octanol–water partition coefficient (Wildman–Crippen LogP) is 2.98. The number of benzene rings is 1. The van der Waals surface area contributed by atoms with Crippen LogP contribution in [0.15, 0.2) is 49.1 Å². The molecule has 0 aliphatic heterocycles. The Balaban J connectivity index is 1.74. The minimum absolute atomic E-state index is 0.00391. The van der Waals surface area contributed by atoms with E-state index in [2.05, 4.69) is 27.3 Å². The van der Waals surface area contributed by atoms with Crippen molar-refractivity contribution in [3.63, 3.8) is 0 Å². The van der Waals surface area contributed by atoms with Crippen molar-refractivity contribution >= 4 is 11.6 Å². The van der Waals surface area contributed by atoms with Crippen LogP contribution < -0.4 is 0 Å². The van der Waals surface area contributed by atoms with Gasteiger partial charge < -0.3 is 0 Å². The second kappa shape index (κ2) is 6.10. The average Bonchev–Trinajstić information content (AvgIpc) is 3.14. The van der Waals surface area contributed by atoms with Crippen LogP contribution in [-0.4, -0.2) is 24.5 Å². The third-order valence-corrected chi connectivity index (χ3v) is 3.64. The number of aryl methyl sites for hydroxylation is 2. The van der Waals surface area contributed by atoms with Gasteiger partial charge in [-0.2, -0.15) is 10.2 Å². The van der Waals surface area contributed by atoms with Crippen LogP contribution in [0.3, 0.4) is 0 Å². The Morgan fingerprint density at radius 3 is 2.71 bits per heavy atom. The van der Waals surface area contributed by atoms with Gasteiger partial charge in [-0.15, -0.1) is 0 Å². The molecule has 108 valence electrons. The summed E-state index contributed by atoms with van der Waals surface area (Å²) in [6, 6.07) is 10.3. The summed E-state index contributed by atoms with van der Waals surface area (Å²) >= 11 is 5.92. The fourth-order valence-corrected chi connectivity index (χ4v) is 2.44. The predicted molar refractivity (Wildman–Crippen MR) is 81.2 cm³/mol. The van der Waals surface area contributed by atoms with Crippen LogP contribution in [0.25, 0.3) is 0 Å². The zero-order valence-electron chi connectivity index (χ0n) is 11.7. The summed E-state index contributed by atoms with van der Waals surface area (Å²) in [5.41, 5.74) is 1.29. The third-order valence-electron chi connectivity index (χ3n) is 3.44. The molecule has 0 saturated heterocycles. The first kappa shape index (κ1) is 13.8. The van der Waals surface area contributed by atoms with Crippen LogP contribution in [-0.2, 0) is 13.0 Å². The molecule has 3 aromatic rings. The first-order chi connectivity index (χ1) is 10.2. The summed E-state index contributed by atoms with van der Waals surface area (Å²) in [6.45, 7) is 2.82. The molecular formula is C15H16ClN5. The highest BCUT2D eigenvalue weighted by Gasteiger charge is 2.15. The van der Waals surface area contributed by atoms with E-state index in [0.717, 1.165) is 18.8 Å². The Labute approximate surface area is 128 Å². The maximum atomic E-state index is 5.92. The lowest BCUT2D eigenvalue weighted by Crippen LogP contribution is -2.16. The van der Waals surface area contributed by atoms with E-state index >= 15 is 0 Å². The van der Waals surface area contributed by atoms with Crippen LogP contribution >= 0.6 is 11.6 Å². The third kappa shape index (κ3) is 3.13. The Morgan fingerprint density at radius 1 is 1.19 bits per heavy atom. The van der Waals surface area contributed by atoms with Gasteiger partial charge in [0.1, 0.15) is 12.4 Å². The van der Waals surface area contributed by atoms with Crippen LogP contribution in [0, 0.1) is 0 Å². The van der Waals surface area contributed by atoms with E-state index < -0.39 is 0 Å². The largest absolute Gasteiger partial charge is 0.261 e. The topological polar surface area (TPSA) is 48.5 Å². The van der Waals surface area contributed by atoms with E-state index in [-0.39, 0.29) is 6.04 Å². The van der Waals surface area contributed by atoms with Gasteiger partial charge in [-0.3, -0.25) is 4.68 Å². The van der Waals surface area contributed by atoms with E-state index in [9.17, 15) is 0 Å². The first-order valence-corrected chi connectivity index (χ1v) is 7.23. The van der Waals surface area contributed by atoms with Gasteiger partial charge in [0.15, 0.2) is 5.82 Å². The van der Waals surface area contributed by atoms with E-state index in [1.54, 1.807) is 23.4 Å². The van der Waals surface area contributed by atoms with Crippen molar-refractivity contribution in [3.05, 3.63) is 65.5 Å². The van der Waals surface area contributed by atoms with Gasteiger partial charge in [-0.05, 0) is 18.9 Å². The summed E-state index contributed by atoms with van der Waals surface area (Å²) in [5.74, 6) is 0.880.